The Kier molecular flexibility index (Phi) is 4.42. The van der Waals surface area contributed by atoms with E-state index < -0.39 is 0 Å². The van der Waals surface area contributed by atoms with Crippen LogP contribution in [0.4, 0.5) is 5.69 Å². The van der Waals surface area contributed by atoms with Crippen LogP contribution in [-0.4, -0.2) is 6.04 Å². The molecular weight excluding hydrogens is 196 g/mol. The minimum Gasteiger partial charge on any atom is -0.370 e. The third kappa shape index (κ3) is 3.04. The predicted octanol–water partition coefficient (Wildman–Crippen LogP) is 3.08. The molecule has 0 heterocycles. The molecule has 82 valence electrons. The highest BCUT2D eigenvalue weighted by Crippen LogP contribution is 2.18. The normalized spacial score (nSPS) is 11.2. The number of rotatable bonds is 4. The van der Waals surface area contributed by atoms with Gasteiger partial charge >= 0.3 is 0 Å². The molecule has 1 aromatic rings. The quantitative estimate of drug-likeness (QED) is 0.778. The molecule has 1 atom stereocenters. The number of anilines is 1. The molecule has 2 nitrogen and oxygen atoms in total. The molecule has 1 unspecified atom stereocenters. The zero-order valence-corrected chi connectivity index (χ0v) is 9.75. The lowest BCUT2D eigenvalue weighted by Crippen LogP contribution is -2.17. The van der Waals surface area contributed by atoms with Crippen LogP contribution in [0.2, 0.25) is 0 Å². The van der Waals surface area contributed by atoms with Gasteiger partial charge in [-0.1, -0.05) is 25.3 Å². The lowest BCUT2D eigenvalue weighted by atomic mass is 10.1. The largest absolute Gasteiger partial charge is 0.370 e. The van der Waals surface area contributed by atoms with Gasteiger partial charge in [-0.25, -0.2) is 0 Å². The van der Waals surface area contributed by atoms with E-state index >= 15 is 0 Å². The molecule has 16 heavy (non-hydrogen) atoms. The first-order chi connectivity index (χ1) is 7.71. The highest BCUT2D eigenvalue weighted by molar-refractivity contribution is 5.59. The Bertz CT molecular complexity index is 435. The Morgan fingerprint density at radius 3 is 2.81 bits per heavy atom. The molecule has 0 bridgehead atoms. The minimum atomic E-state index is -0.00102. The molecule has 0 aliphatic carbocycles. The van der Waals surface area contributed by atoms with E-state index in [1.54, 1.807) is 0 Å². The van der Waals surface area contributed by atoms with Crippen LogP contribution in [0.5, 0.6) is 0 Å². The third-order valence-electron chi connectivity index (χ3n) is 2.40. The van der Waals surface area contributed by atoms with E-state index in [0.717, 1.165) is 24.1 Å². The number of terminal acetylenes is 1. The summed E-state index contributed by atoms with van der Waals surface area (Å²) in [5.41, 5.74) is 2.59. The Balaban J connectivity index is 2.91. The smallest absolute Gasteiger partial charge is 0.101 e. The average molecular weight is 212 g/mol. The van der Waals surface area contributed by atoms with Crippen LogP contribution in [0, 0.1) is 30.6 Å². The van der Waals surface area contributed by atoms with E-state index in [9.17, 15) is 0 Å². The summed E-state index contributed by atoms with van der Waals surface area (Å²) in [6.45, 7) is 4.09. The summed E-state index contributed by atoms with van der Waals surface area (Å²) in [4.78, 5) is 0. The molecular formula is C14H16N2. The van der Waals surface area contributed by atoms with E-state index in [1.165, 1.54) is 0 Å². The van der Waals surface area contributed by atoms with Gasteiger partial charge in [0.05, 0.1) is 17.3 Å². The van der Waals surface area contributed by atoms with Crippen LogP contribution >= 0.6 is 0 Å². The van der Waals surface area contributed by atoms with Gasteiger partial charge in [-0.05, 0) is 31.0 Å². The fourth-order valence-corrected chi connectivity index (χ4v) is 1.55. The van der Waals surface area contributed by atoms with Crippen molar-refractivity contribution in [3.63, 3.8) is 0 Å². The SMILES string of the molecule is C#CC(CCC)Nc1cc(C)ccc1C#N. The fourth-order valence-electron chi connectivity index (χ4n) is 1.55. The van der Waals surface area contributed by atoms with Crippen LogP contribution in [0.3, 0.4) is 0 Å². The van der Waals surface area contributed by atoms with Gasteiger partial charge in [0.25, 0.3) is 0 Å². The van der Waals surface area contributed by atoms with E-state index in [1.807, 2.05) is 25.1 Å². The first kappa shape index (κ1) is 12.1. The van der Waals surface area contributed by atoms with Gasteiger partial charge in [0.1, 0.15) is 6.07 Å². The number of benzene rings is 1. The molecule has 2 heteroatoms. The Hall–Kier alpha value is -1.93. The number of hydrogen-bond donors (Lipinski definition) is 1. The first-order valence-electron chi connectivity index (χ1n) is 5.44. The molecule has 1 rings (SSSR count). The summed E-state index contributed by atoms with van der Waals surface area (Å²) in [7, 11) is 0. The summed E-state index contributed by atoms with van der Waals surface area (Å²) in [5.74, 6) is 2.70. The molecule has 0 aliphatic heterocycles. The third-order valence-corrected chi connectivity index (χ3v) is 2.40. The number of nitriles is 1. The lowest BCUT2D eigenvalue weighted by Gasteiger charge is -2.15. The molecule has 0 radical (unpaired) electrons. The average Bonchev–Trinajstić information content (AvgIpc) is 2.29. The maximum Gasteiger partial charge on any atom is 0.101 e. The van der Waals surface area contributed by atoms with Crippen LogP contribution < -0.4 is 5.32 Å². The summed E-state index contributed by atoms with van der Waals surface area (Å²) >= 11 is 0. The highest BCUT2D eigenvalue weighted by Gasteiger charge is 2.07. The van der Waals surface area contributed by atoms with Crippen molar-refractivity contribution in [2.75, 3.05) is 5.32 Å². The van der Waals surface area contributed by atoms with Crippen LogP contribution in [0.25, 0.3) is 0 Å². The zero-order valence-electron chi connectivity index (χ0n) is 9.75. The highest BCUT2D eigenvalue weighted by atomic mass is 14.9. The van der Waals surface area contributed by atoms with Crippen molar-refractivity contribution >= 4 is 5.69 Å². The van der Waals surface area contributed by atoms with E-state index in [4.69, 9.17) is 11.7 Å². The molecule has 0 aliphatic rings. The van der Waals surface area contributed by atoms with Gasteiger partial charge in [-0.15, -0.1) is 6.42 Å². The second-order valence-corrected chi connectivity index (χ2v) is 3.81. The molecule has 0 aromatic heterocycles. The van der Waals surface area contributed by atoms with Crippen LogP contribution in [0.1, 0.15) is 30.9 Å². The molecule has 0 saturated heterocycles. The van der Waals surface area contributed by atoms with Crippen molar-refractivity contribution < 1.29 is 0 Å². The minimum absolute atomic E-state index is 0.00102. The molecule has 0 amide bonds. The fraction of sp³-hybridized carbons (Fsp3) is 0.357. The lowest BCUT2D eigenvalue weighted by molar-refractivity contribution is 0.755. The number of hydrogen-bond acceptors (Lipinski definition) is 2. The molecule has 0 fully saturated rings. The van der Waals surface area contributed by atoms with Crippen molar-refractivity contribution in [1.82, 2.24) is 0 Å². The number of aryl methyl sites for hydroxylation is 1. The van der Waals surface area contributed by atoms with Gasteiger partial charge in [-0.2, -0.15) is 5.26 Å². The van der Waals surface area contributed by atoms with Crippen molar-refractivity contribution in [3.05, 3.63) is 29.3 Å². The van der Waals surface area contributed by atoms with Crippen molar-refractivity contribution in [1.29, 1.82) is 5.26 Å². The second kappa shape index (κ2) is 5.83. The van der Waals surface area contributed by atoms with Gasteiger partial charge in [0, 0.05) is 0 Å². The molecule has 1 N–H and O–H groups in total. The number of nitrogens with one attached hydrogen (secondary N) is 1. The second-order valence-electron chi connectivity index (χ2n) is 3.81. The topological polar surface area (TPSA) is 35.8 Å². The zero-order chi connectivity index (χ0) is 12.0. The van der Waals surface area contributed by atoms with Gasteiger partial charge < -0.3 is 5.32 Å². The number of nitrogens with zero attached hydrogens (tertiary/aromatic N) is 1. The Morgan fingerprint density at radius 1 is 1.50 bits per heavy atom. The van der Waals surface area contributed by atoms with Crippen molar-refractivity contribution in [2.45, 2.75) is 32.7 Å². The summed E-state index contributed by atoms with van der Waals surface area (Å²) in [6.07, 6.45) is 7.38. The van der Waals surface area contributed by atoms with E-state index in [0.29, 0.717) is 5.56 Å². The standard InChI is InChI=1S/C14H16N2/c1-4-6-13(5-2)16-14-9-11(3)7-8-12(14)10-15/h2,7-9,13,16H,4,6H2,1,3H3. The maximum absolute atomic E-state index is 8.98. The van der Waals surface area contributed by atoms with Crippen molar-refractivity contribution in [2.24, 2.45) is 0 Å². The van der Waals surface area contributed by atoms with Crippen molar-refractivity contribution in [3.8, 4) is 18.4 Å². The van der Waals surface area contributed by atoms with E-state index in [-0.39, 0.29) is 6.04 Å². The summed E-state index contributed by atoms with van der Waals surface area (Å²) in [5, 5.41) is 12.2. The summed E-state index contributed by atoms with van der Waals surface area (Å²) in [6, 6.07) is 7.86. The first-order valence-corrected chi connectivity index (χ1v) is 5.44. The Labute approximate surface area is 97.3 Å². The molecule has 0 spiro atoms. The molecule has 1 aromatic carbocycles. The van der Waals surface area contributed by atoms with Crippen LogP contribution in [-0.2, 0) is 0 Å². The maximum atomic E-state index is 8.98. The summed E-state index contributed by atoms with van der Waals surface area (Å²) < 4.78 is 0. The Morgan fingerprint density at radius 2 is 2.25 bits per heavy atom. The monoisotopic (exact) mass is 212 g/mol. The molecule has 0 saturated carbocycles. The van der Waals surface area contributed by atoms with Gasteiger partial charge in [0.15, 0.2) is 0 Å². The van der Waals surface area contributed by atoms with Gasteiger partial charge in [0.2, 0.25) is 0 Å². The predicted molar refractivity (Wildman–Crippen MR) is 67.0 cm³/mol. The van der Waals surface area contributed by atoms with E-state index in [2.05, 4.69) is 24.2 Å². The van der Waals surface area contributed by atoms with Crippen LogP contribution in [0.15, 0.2) is 18.2 Å². The van der Waals surface area contributed by atoms with Gasteiger partial charge in [-0.3, -0.25) is 0 Å².